The molecule has 0 bridgehead atoms. The Labute approximate surface area is 132 Å². The lowest BCUT2D eigenvalue weighted by Crippen LogP contribution is -2.39. The second-order valence-electron chi connectivity index (χ2n) is 5.46. The van der Waals surface area contributed by atoms with E-state index in [1.807, 2.05) is 0 Å². The van der Waals surface area contributed by atoms with Crippen LogP contribution in [-0.4, -0.2) is 48.4 Å². The number of anilines is 1. The van der Waals surface area contributed by atoms with Crippen LogP contribution < -0.4 is 5.73 Å². The predicted octanol–water partition coefficient (Wildman–Crippen LogP) is 0.905. The van der Waals surface area contributed by atoms with E-state index in [0.29, 0.717) is 16.9 Å². The third-order valence-corrected chi connectivity index (χ3v) is 4.45. The number of alkyl halides is 1. The summed E-state index contributed by atoms with van der Waals surface area (Å²) in [7, 11) is 0. The summed E-state index contributed by atoms with van der Waals surface area (Å²) in [5.74, 6) is 0.326. The zero-order valence-electron chi connectivity index (χ0n) is 12.0. The zero-order valence-corrected chi connectivity index (χ0v) is 12.7. The second-order valence-corrected chi connectivity index (χ2v) is 6.27. The van der Waals surface area contributed by atoms with E-state index in [1.54, 1.807) is 23.8 Å². The van der Waals surface area contributed by atoms with Gasteiger partial charge in [-0.2, -0.15) is 0 Å². The number of nitrogen functional groups attached to an aromatic ring is 1. The van der Waals surface area contributed by atoms with E-state index in [0.717, 1.165) is 5.56 Å². The first-order valence-electron chi connectivity index (χ1n) is 6.78. The molecule has 0 radical (unpaired) electrons. The van der Waals surface area contributed by atoms with Gasteiger partial charge >= 0.3 is 0 Å². The van der Waals surface area contributed by atoms with Crippen LogP contribution in [0.1, 0.15) is 18.7 Å². The molecule has 0 aliphatic carbocycles. The first kappa shape index (κ1) is 15.2. The number of fused-ring (bicyclic) bond motifs is 1. The average Bonchev–Trinajstić information content (AvgIpc) is 2.97. The van der Waals surface area contributed by atoms with E-state index in [9.17, 15) is 10.2 Å². The maximum absolute atomic E-state index is 10.2. The minimum atomic E-state index is -1.13. The summed E-state index contributed by atoms with van der Waals surface area (Å²) in [5, 5.41) is 20.2. The number of ether oxygens (including phenoxy) is 1. The van der Waals surface area contributed by atoms with Crippen LogP contribution in [0.15, 0.2) is 19.1 Å². The molecule has 4 atom stereocenters. The molecule has 22 heavy (non-hydrogen) atoms. The number of hydrogen-bond donors (Lipinski definition) is 3. The van der Waals surface area contributed by atoms with Gasteiger partial charge in [-0.25, -0.2) is 9.97 Å². The standard InChI is InChI=1S/C14H17ClN4O3/c1-3-7-4-19(12-9(7)11(16)17-6-18-12)13-14(2,15)10(21)8(5-20)22-13/h3-4,6,8,10,13,20-21H,1,5H2,2H3,(H2,16,17,18)/t8-,10-,13-,14-/m1/s1. The topological polar surface area (TPSA) is 106 Å². The summed E-state index contributed by atoms with van der Waals surface area (Å²) >= 11 is 6.48. The molecule has 1 fully saturated rings. The number of aromatic nitrogens is 3. The van der Waals surface area contributed by atoms with Gasteiger partial charge < -0.3 is 25.3 Å². The highest BCUT2D eigenvalue weighted by Crippen LogP contribution is 2.45. The van der Waals surface area contributed by atoms with Crippen molar-refractivity contribution in [1.29, 1.82) is 0 Å². The van der Waals surface area contributed by atoms with Gasteiger partial charge in [0.25, 0.3) is 0 Å². The van der Waals surface area contributed by atoms with Crippen LogP contribution in [0.4, 0.5) is 5.82 Å². The van der Waals surface area contributed by atoms with Crippen LogP contribution >= 0.6 is 11.6 Å². The SMILES string of the molecule is C=Cc1cn([C@@H]2O[C@H](CO)[C@@H](O)[C@@]2(C)Cl)c2ncnc(N)c12. The lowest BCUT2D eigenvalue weighted by Gasteiger charge is -2.26. The molecule has 0 saturated carbocycles. The molecule has 0 spiro atoms. The molecule has 0 amide bonds. The van der Waals surface area contributed by atoms with Gasteiger partial charge in [0.05, 0.1) is 12.0 Å². The highest BCUT2D eigenvalue weighted by molar-refractivity contribution is 6.24. The van der Waals surface area contributed by atoms with E-state index < -0.39 is 23.3 Å². The smallest absolute Gasteiger partial charge is 0.157 e. The Morgan fingerprint density at radius 3 is 2.91 bits per heavy atom. The van der Waals surface area contributed by atoms with Gasteiger partial charge in [0.2, 0.25) is 0 Å². The number of aliphatic hydroxyl groups is 2. The van der Waals surface area contributed by atoms with Gasteiger partial charge in [-0.15, -0.1) is 11.6 Å². The molecule has 1 saturated heterocycles. The molecule has 4 N–H and O–H groups in total. The summed E-state index contributed by atoms with van der Waals surface area (Å²) in [6.07, 6.45) is 2.23. The second kappa shape index (κ2) is 5.20. The van der Waals surface area contributed by atoms with E-state index in [-0.39, 0.29) is 6.61 Å². The van der Waals surface area contributed by atoms with E-state index in [2.05, 4.69) is 16.5 Å². The van der Waals surface area contributed by atoms with E-state index >= 15 is 0 Å². The Bertz CT molecular complexity index is 730. The maximum Gasteiger partial charge on any atom is 0.157 e. The Morgan fingerprint density at radius 1 is 1.59 bits per heavy atom. The van der Waals surface area contributed by atoms with Crippen molar-refractivity contribution in [3.05, 3.63) is 24.7 Å². The van der Waals surface area contributed by atoms with Crippen LogP contribution in [0, 0.1) is 0 Å². The molecule has 3 heterocycles. The van der Waals surface area contributed by atoms with Gasteiger partial charge in [-0.3, -0.25) is 0 Å². The van der Waals surface area contributed by atoms with Crippen molar-refractivity contribution in [3.63, 3.8) is 0 Å². The third kappa shape index (κ3) is 2.01. The highest BCUT2D eigenvalue weighted by atomic mass is 35.5. The number of hydrogen-bond acceptors (Lipinski definition) is 6. The minimum absolute atomic E-state index is 0.326. The Kier molecular flexibility index (Phi) is 3.60. The van der Waals surface area contributed by atoms with Crippen molar-refractivity contribution < 1.29 is 14.9 Å². The Hall–Kier alpha value is -1.67. The van der Waals surface area contributed by atoms with Gasteiger partial charge in [0.15, 0.2) is 6.23 Å². The van der Waals surface area contributed by atoms with Gasteiger partial charge in [-0.1, -0.05) is 12.7 Å². The summed E-state index contributed by atoms with van der Waals surface area (Å²) in [6, 6.07) is 0. The maximum atomic E-state index is 10.2. The number of rotatable bonds is 3. The zero-order chi connectivity index (χ0) is 16.1. The van der Waals surface area contributed by atoms with Crippen LogP contribution in [0.2, 0.25) is 0 Å². The van der Waals surface area contributed by atoms with Gasteiger partial charge in [0, 0.05) is 11.8 Å². The molecule has 2 aromatic heterocycles. The lowest BCUT2D eigenvalue weighted by atomic mass is 10.0. The van der Waals surface area contributed by atoms with Crippen molar-refractivity contribution >= 4 is 34.5 Å². The average molecular weight is 325 g/mol. The van der Waals surface area contributed by atoms with Crippen LogP contribution in [0.5, 0.6) is 0 Å². The molecule has 1 aliphatic rings. The Balaban J connectivity index is 2.19. The molecular weight excluding hydrogens is 308 g/mol. The molecular formula is C14H17ClN4O3. The largest absolute Gasteiger partial charge is 0.394 e. The summed E-state index contributed by atoms with van der Waals surface area (Å²) in [5.41, 5.74) is 7.19. The number of halogens is 1. The van der Waals surface area contributed by atoms with Crippen LogP contribution in [0.25, 0.3) is 17.1 Å². The number of nitrogens with zero attached hydrogens (tertiary/aromatic N) is 3. The summed E-state index contributed by atoms with van der Waals surface area (Å²) in [6.45, 7) is 5.08. The van der Waals surface area contributed by atoms with Crippen molar-refractivity contribution in [2.75, 3.05) is 12.3 Å². The normalized spacial score (nSPS) is 31.7. The van der Waals surface area contributed by atoms with Crippen LogP contribution in [-0.2, 0) is 4.74 Å². The van der Waals surface area contributed by atoms with Crippen molar-refractivity contribution in [3.8, 4) is 0 Å². The lowest BCUT2D eigenvalue weighted by molar-refractivity contribution is -0.0439. The van der Waals surface area contributed by atoms with Crippen molar-refractivity contribution in [2.45, 2.75) is 30.2 Å². The molecule has 8 heteroatoms. The molecule has 118 valence electrons. The fourth-order valence-electron chi connectivity index (χ4n) is 2.83. The van der Waals surface area contributed by atoms with Crippen molar-refractivity contribution in [1.82, 2.24) is 14.5 Å². The first-order valence-corrected chi connectivity index (χ1v) is 7.16. The third-order valence-electron chi connectivity index (χ3n) is 4.04. The predicted molar refractivity (Wildman–Crippen MR) is 83.3 cm³/mol. The first-order chi connectivity index (χ1) is 10.4. The summed E-state index contributed by atoms with van der Waals surface area (Å²) < 4.78 is 7.42. The molecule has 0 aromatic carbocycles. The fraction of sp³-hybridized carbons (Fsp3) is 0.429. The molecule has 2 aromatic rings. The quantitative estimate of drug-likeness (QED) is 0.724. The van der Waals surface area contributed by atoms with Gasteiger partial charge in [0.1, 0.15) is 34.9 Å². The molecule has 0 unspecified atom stereocenters. The van der Waals surface area contributed by atoms with Crippen LogP contribution in [0.3, 0.4) is 0 Å². The molecule has 3 rings (SSSR count). The number of aliphatic hydroxyl groups excluding tert-OH is 2. The highest BCUT2D eigenvalue weighted by Gasteiger charge is 2.53. The fourth-order valence-corrected chi connectivity index (χ4v) is 3.13. The molecule has 7 nitrogen and oxygen atoms in total. The minimum Gasteiger partial charge on any atom is -0.394 e. The Morgan fingerprint density at radius 2 is 2.32 bits per heavy atom. The van der Waals surface area contributed by atoms with E-state index in [1.165, 1.54) is 6.33 Å². The molecule has 1 aliphatic heterocycles. The number of nitrogens with two attached hydrogens (primary N) is 1. The monoisotopic (exact) mass is 324 g/mol. The van der Waals surface area contributed by atoms with Crippen molar-refractivity contribution in [2.24, 2.45) is 0 Å². The van der Waals surface area contributed by atoms with Gasteiger partial charge in [-0.05, 0) is 6.92 Å². The summed E-state index contributed by atoms with van der Waals surface area (Å²) in [4.78, 5) is 7.09. The van der Waals surface area contributed by atoms with E-state index in [4.69, 9.17) is 22.1 Å².